The minimum absolute atomic E-state index is 0.0127. The summed E-state index contributed by atoms with van der Waals surface area (Å²) in [5.74, 6) is 0.402. The highest BCUT2D eigenvalue weighted by molar-refractivity contribution is 6.03. The van der Waals surface area contributed by atoms with Gasteiger partial charge in [-0.05, 0) is 149 Å². The van der Waals surface area contributed by atoms with Gasteiger partial charge in [-0.1, -0.05) is 68.4 Å². The van der Waals surface area contributed by atoms with E-state index in [0.29, 0.717) is 58.6 Å². The third-order valence-electron chi connectivity index (χ3n) is 22.4. The van der Waals surface area contributed by atoms with Crippen molar-refractivity contribution in [3.63, 3.8) is 0 Å². The predicted octanol–water partition coefficient (Wildman–Crippen LogP) is 19.5. The Balaban J connectivity index is 0.000000203. The fourth-order valence-electron chi connectivity index (χ4n) is 14.6. The number of hydrogen-bond donors (Lipinski definition) is 14. The molecule has 0 bridgehead atoms. The highest BCUT2D eigenvalue weighted by Crippen LogP contribution is 2.45. The van der Waals surface area contributed by atoms with Crippen LogP contribution in [0.4, 0.5) is 144 Å². The number of anilines is 16. The number of para-hydroxylation sites is 4. The van der Waals surface area contributed by atoms with Gasteiger partial charge in [0.25, 0.3) is 35.4 Å². The Labute approximate surface area is 845 Å². The van der Waals surface area contributed by atoms with Crippen molar-refractivity contribution in [1.82, 2.24) is 61.2 Å². The maximum absolute atomic E-state index is 13.8. The molecule has 45 heteroatoms. The van der Waals surface area contributed by atoms with Crippen molar-refractivity contribution in [3.8, 4) is 34.5 Å². The number of aliphatic hydroxyl groups excluding tert-OH is 1. The third-order valence-corrected chi connectivity index (χ3v) is 22.4. The molecule has 0 spiro atoms. The van der Waals surface area contributed by atoms with Gasteiger partial charge in [-0.2, -0.15) is 52.7 Å². The summed E-state index contributed by atoms with van der Waals surface area (Å²) in [7, 11) is 16.6. The second-order valence-electron chi connectivity index (χ2n) is 32.7. The van der Waals surface area contributed by atoms with E-state index in [-0.39, 0.29) is 121 Å². The van der Waals surface area contributed by atoms with Crippen LogP contribution in [0.3, 0.4) is 0 Å². The normalized spacial score (nSPS) is 12.2. The zero-order chi connectivity index (χ0) is 108. The van der Waals surface area contributed by atoms with Crippen molar-refractivity contribution in [2.24, 2.45) is 0 Å². The van der Waals surface area contributed by atoms with Gasteiger partial charge < -0.3 is 117 Å². The number of alkyl halides is 12. The van der Waals surface area contributed by atoms with E-state index >= 15 is 0 Å². The maximum Gasteiger partial charge on any atom is 0.419 e. The lowest BCUT2D eigenvalue weighted by molar-refractivity contribution is -0.138. The highest BCUT2D eigenvalue weighted by atomic mass is 19.4. The van der Waals surface area contributed by atoms with E-state index in [0.717, 1.165) is 75.8 Å². The van der Waals surface area contributed by atoms with Crippen LogP contribution < -0.4 is 97.5 Å². The molecule has 148 heavy (non-hydrogen) atoms. The average molecular weight is 2070 g/mol. The first-order valence-corrected chi connectivity index (χ1v) is 45.7. The first kappa shape index (κ1) is 113. The average Bonchev–Trinajstić information content (AvgIpc) is 0.805. The van der Waals surface area contributed by atoms with Gasteiger partial charge in [-0.3, -0.25) is 28.8 Å². The molecule has 8 aromatic carbocycles. The Bertz CT molecular complexity index is 6590. The van der Waals surface area contributed by atoms with Crippen molar-refractivity contribution in [3.05, 3.63) is 275 Å². The van der Waals surface area contributed by atoms with Gasteiger partial charge in [0.15, 0.2) is 0 Å². The van der Waals surface area contributed by atoms with Crippen molar-refractivity contribution < 1.29 is 115 Å². The lowest BCUT2D eigenvalue weighted by Crippen LogP contribution is -2.42. The van der Waals surface area contributed by atoms with Gasteiger partial charge in [0.1, 0.15) is 76.6 Å². The number of methoxy groups -OCH3 is 4. The van der Waals surface area contributed by atoms with Gasteiger partial charge in [0.2, 0.25) is 0 Å². The van der Waals surface area contributed by atoms with E-state index in [9.17, 15) is 86.6 Å². The number of rotatable bonds is 36. The number of likely N-dealkylation sites (tertiary alicyclic amines) is 1. The van der Waals surface area contributed by atoms with Gasteiger partial charge in [-0.15, -0.1) is 0 Å². The quantitative estimate of drug-likeness (QED) is 0.0162. The molecule has 12 aromatic rings. The summed E-state index contributed by atoms with van der Waals surface area (Å²) < 4.78 is 198. The number of benzene rings is 8. The molecule has 0 unspecified atom stereocenters. The van der Waals surface area contributed by atoms with Crippen LogP contribution >= 0.6 is 0 Å². The summed E-state index contributed by atoms with van der Waals surface area (Å²) in [5.41, 5.74) is -0.523. The van der Waals surface area contributed by atoms with Crippen molar-refractivity contribution in [2.45, 2.75) is 70.5 Å². The van der Waals surface area contributed by atoms with Crippen molar-refractivity contribution in [2.75, 3.05) is 166 Å². The molecular formula is C103H112F12N20O13. The van der Waals surface area contributed by atoms with Crippen LogP contribution in [0.5, 0.6) is 34.5 Å². The van der Waals surface area contributed by atoms with E-state index < -0.39 is 88.5 Å². The number of amides is 6. The molecule has 4 aromatic heterocycles. The molecule has 6 amide bonds. The molecule has 786 valence electrons. The monoisotopic (exact) mass is 2060 g/mol. The topological polar surface area (TPSA) is 396 Å². The number of pyridine rings is 4. The van der Waals surface area contributed by atoms with E-state index in [2.05, 4.69) is 120 Å². The molecular weight excluding hydrogens is 1950 g/mol. The molecule has 0 saturated carbocycles. The molecule has 1 saturated heterocycles. The highest BCUT2D eigenvalue weighted by Gasteiger charge is 2.39. The van der Waals surface area contributed by atoms with Crippen LogP contribution in [0.1, 0.15) is 106 Å². The first-order valence-electron chi connectivity index (χ1n) is 45.7. The standard InChI is InChI=1S/C27H29F3N6O5.C27H30F3N5O3.C27H32F3N5O3.C22H21F3N4O2/c1-31-25(39)16-7-5-6-8-18(16)34-20-12-23(32-13-17(20)27(28,29)30)35-19-10-9-15(11-22(19)41-4)24(38)33-14-21(37)26(40)36(2)3;1-31-26(36)19-6-4-5-7-21(19)33-23-15-25(32-16-20(23)27(28,29)30)34-22-9-8-18(14-24(22)37-3)38-17-10-12-35(2)13-11-17;1-5-35(6-2)13-14-38-18-11-12-22(24(15-18)37-4)34-25-16-23(20(17-32-25)27(28,29)30)33-21-10-8-7-9-19(21)26(36)31-3;1-13-8-9-17(19(10-13)31-3)29-20-11-18(15(12-27-20)22(23,24)25)28-16-7-5-4-6-14(16)21(30)26-2/h5-13,21,37H,14H2,1-4H3,(H,31,39)(H,33,38)(H2,32,34,35);4-9,14-17H,10-13H2,1-3H3,(H,31,36)(H2,32,33,34);7-12,15-17H,5-6,13-14H2,1-4H3,(H,31,36)(H2,32,33,34);4-12H,1-3H3,(H,26,30)(H2,27,28,29)/t21-;;;/m0.../s1. The summed E-state index contributed by atoms with van der Waals surface area (Å²) in [5, 5.41) is 45.1. The summed E-state index contributed by atoms with van der Waals surface area (Å²) >= 11 is 0. The molecule has 1 aliphatic rings. The minimum atomic E-state index is -4.74. The zero-order valence-electron chi connectivity index (χ0n) is 82.8. The molecule has 0 radical (unpaired) electrons. The van der Waals surface area contributed by atoms with Gasteiger partial charge in [0, 0.05) is 129 Å². The number of ether oxygens (including phenoxy) is 6. The molecule has 1 atom stereocenters. The van der Waals surface area contributed by atoms with Gasteiger partial charge in [0.05, 0.1) is 148 Å². The summed E-state index contributed by atoms with van der Waals surface area (Å²) in [6.45, 7) is 10.8. The van der Waals surface area contributed by atoms with Crippen molar-refractivity contribution in [1.29, 1.82) is 0 Å². The van der Waals surface area contributed by atoms with E-state index in [1.54, 1.807) is 97.1 Å². The second-order valence-corrected chi connectivity index (χ2v) is 32.7. The third kappa shape index (κ3) is 31.5. The number of nitrogens with one attached hydrogen (secondary N) is 13. The number of aromatic nitrogens is 4. The molecule has 5 heterocycles. The van der Waals surface area contributed by atoms with Crippen LogP contribution in [0.15, 0.2) is 219 Å². The fraction of sp³-hybridized carbons (Fsp3) is 0.282. The number of carbonyl (C=O) groups is 6. The number of piperidine rings is 1. The fourth-order valence-corrected chi connectivity index (χ4v) is 14.6. The lowest BCUT2D eigenvalue weighted by atomic mass is 10.1. The van der Waals surface area contributed by atoms with Gasteiger partial charge >= 0.3 is 24.7 Å². The second kappa shape index (κ2) is 52.3. The number of likely N-dealkylation sites (N-methyl/N-ethyl adjacent to an activating group) is 2. The molecule has 33 nitrogen and oxygen atoms in total. The van der Waals surface area contributed by atoms with Crippen LogP contribution in [0, 0.1) is 6.92 Å². The zero-order valence-corrected chi connectivity index (χ0v) is 82.8. The van der Waals surface area contributed by atoms with Crippen LogP contribution in [-0.4, -0.2) is 211 Å². The Morgan fingerprint density at radius 1 is 0.399 bits per heavy atom. The predicted molar refractivity (Wildman–Crippen MR) is 541 cm³/mol. The summed E-state index contributed by atoms with van der Waals surface area (Å²) in [4.78, 5) is 94.5. The summed E-state index contributed by atoms with van der Waals surface area (Å²) in [6.07, 6.45) is -15.3. The van der Waals surface area contributed by atoms with Crippen LogP contribution in [0.2, 0.25) is 0 Å². The molecule has 13 rings (SSSR count). The molecule has 1 fully saturated rings. The SMILES string of the molecule is CCN(CC)CCOc1ccc(Nc2cc(Nc3ccccc3C(=O)NC)c(C(F)(F)F)cn2)c(OC)c1.CNC(=O)c1ccccc1Nc1cc(Nc2ccc(C(=O)NC[C@H](O)C(=O)N(C)C)cc2OC)ncc1C(F)(F)F.CNC(=O)c1ccccc1Nc1cc(Nc2ccc(C)cc2OC)ncc1C(F)(F)F.CNC(=O)c1ccccc1Nc1cc(Nc2ccc(OC3CCN(C)CC3)cc2OC)ncc1C(F)(F)F. The van der Waals surface area contributed by atoms with E-state index in [1.807, 2.05) is 13.0 Å². The smallest absolute Gasteiger partial charge is 0.419 e. The Hall–Kier alpha value is -16.6. The summed E-state index contributed by atoms with van der Waals surface area (Å²) in [6, 6.07) is 49.9. The molecule has 1 aliphatic heterocycles. The van der Waals surface area contributed by atoms with Gasteiger partial charge in [-0.25, -0.2) is 19.9 Å². The largest absolute Gasteiger partial charge is 0.495 e. The lowest BCUT2D eigenvalue weighted by Gasteiger charge is -2.29. The minimum Gasteiger partial charge on any atom is -0.495 e. The van der Waals surface area contributed by atoms with E-state index in [1.165, 1.54) is 161 Å². The Morgan fingerprint density at radius 2 is 0.709 bits per heavy atom. The number of hydrogen-bond acceptors (Lipinski definition) is 27. The Kier molecular flexibility index (Phi) is 40.0. The molecule has 0 aliphatic carbocycles. The number of nitrogens with zero attached hydrogens (tertiary/aromatic N) is 7. The van der Waals surface area contributed by atoms with Crippen LogP contribution in [0.25, 0.3) is 0 Å². The van der Waals surface area contributed by atoms with Crippen LogP contribution in [-0.2, 0) is 29.5 Å². The first-order chi connectivity index (χ1) is 70.4. The number of aliphatic hydroxyl groups is 1. The van der Waals surface area contributed by atoms with Crippen molar-refractivity contribution >= 4 is 127 Å². The number of carbonyl (C=O) groups excluding carboxylic acids is 6. The molecule has 14 N–H and O–H groups in total. The maximum atomic E-state index is 13.8. The van der Waals surface area contributed by atoms with E-state index in [4.69, 9.17) is 28.4 Å². The Morgan fingerprint density at radius 3 is 1.03 bits per heavy atom. The number of halogens is 12. The number of aryl methyl sites for hydroxylation is 1.